The van der Waals surface area contributed by atoms with E-state index in [1.165, 1.54) is 4.90 Å². The Hall–Kier alpha value is -1.59. The van der Waals surface area contributed by atoms with Gasteiger partial charge in [-0.25, -0.2) is 4.79 Å². The van der Waals surface area contributed by atoms with E-state index in [4.69, 9.17) is 27.9 Å². The molecule has 0 unspecified atom stereocenters. The molecule has 7 heteroatoms. The third-order valence-corrected chi connectivity index (χ3v) is 4.98. The molecule has 2 aliphatic rings. The highest BCUT2D eigenvalue weighted by Crippen LogP contribution is 2.53. The van der Waals surface area contributed by atoms with Crippen LogP contribution in [0.2, 0.25) is 0 Å². The molecule has 2 fully saturated rings. The smallest absolute Gasteiger partial charge is 0.338 e. The lowest BCUT2D eigenvalue weighted by Gasteiger charge is -2.13. The molecule has 1 saturated heterocycles. The SMILES string of the molecule is O=C(OC[C@@H]1CC1(Cl)Cl)c1ccc(CN2C(=O)CCC2=O)cc1. The Morgan fingerprint density at radius 1 is 1.17 bits per heavy atom. The number of carbonyl (C=O) groups excluding carboxylic acids is 3. The van der Waals surface area contributed by atoms with E-state index >= 15 is 0 Å². The van der Waals surface area contributed by atoms with Crippen LogP contribution in [0.25, 0.3) is 0 Å². The zero-order valence-corrected chi connectivity index (χ0v) is 13.8. The fourth-order valence-corrected chi connectivity index (χ4v) is 2.94. The van der Waals surface area contributed by atoms with Crippen LogP contribution >= 0.6 is 23.2 Å². The van der Waals surface area contributed by atoms with Gasteiger partial charge in [0.15, 0.2) is 0 Å². The molecule has 2 amide bonds. The van der Waals surface area contributed by atoms with Gasteiger partial charge in [-0.3, -0.25) is 14.5 Å². The summed E-state index contributed by atoms with van der Waals surface area (Å²) in [5, 5.41) is 0. The highest BCUT2D eigenvalue weighted by atomic mass is 35.5. The largest absolute Gasteiger partial charge is 0.462 e. The van der Waals surface area contributed by atoms with Crippen LogP contribution in [0.4, 0.5) is 0 Å². The predicted molar refractivity (Wildman–Crippen MR) is 84.1 cm³/mol. The van der Waals surface area contributed by atoms with Gasteiger partial charge in [0.25, 0.3) is 0 Å². The molecule has 23 heavy (non-hydrogen) atoms. The number of halogens is 2. The van der Waals surface area contributed by atoms with Crippen LogP contribution < -0.4 is 0 Å². The maximum atomic E-state index is 11.9. The molecule has 122 valence electrons. The summed E-state index contributed by atoms with van der Waals surface area (Å²) >= 11 is 11.8. The molecule has 0 spiro atoms. The first-order chi connectivity index (χ1) is 10.9. The third kappa shape index (κ3) is 3.67. The van der Waals surface area contributed by atoms with E-state index in [0.717, 1.165) is 5.56 Å². The number of rotatable bonds is 5. The molecule has 1 aromatic carbocycles. The summed E-state index contributed by atoms with van der Waals surface area (Å²) in [7, 11) is 0. The van der Waals surface area contributed by atoms with Gasteiger partial charge in [0.05, 0.1) is 18.7 Å². The van der Waals surface area contributed by atoms with E-state index in [1.54, 1.807) is 24.3 Å². The van der Waals surface area contributed by atoms with Crippen LogP contribution in [0.15, 0.2) is 24.3 Å². The average Bonchev–Trinajstić information content (AvgIpc) is 3.03. The number of likely N-dealkylation sites (tertiary alicyclic amines) is 1. The number of amides is 2. The standard InChI is InChI=1S/C16H15Cl2NO4/c17-16(18)7-12(16)9-23-15(22)11-3-1-10(2-4-11)8-19-13(20)5-6-14(19)21/h1-4,12H,5-9H2/t12-/m0/s1. The van der Waals surface area contributed by atoms with Crippen molar-refractivity contribution < 1.29 is 19.1 Å². The Morgan fingerprint density at radius 3 is 2.26 bits per heavy atom. The molecule has 1 aliphatic heterocycles. The van der Waals surface area contributed by atoms with Crippen LogP contribution in [0.5, 0.6) is 0 Å². The summed E-state index contributed by atoms with van der Waals surface area (Å²) in [6, 6.07) is 6.65. The van der Waals surface area contributed by atoms with Gasteiger partial charge < -0.3 is 4.74 Å². The van der Waals surface area contributed by atoms with Crippen molar-refractivity contribution in [1.82, 2.24) is 4.90 Å². The molecule has 0 aromatic heterocycles. The van der Waals surface area contributed by atoms with Gasteiger partial charge in [0.2, 0.25) is 11.8 Å². The molecular formula is C16H15Cl2NO4. The van der Waals surface area contributed by atoms with Crippen LogP contribution in [0, 0.1) is 5.92 Å². The molecule has 1 atom stereocenters. The molecule has 0 radical (unpaired) electrons. The van der Waals surface area contributed by atoms with Gasteiger partial charge in [-0.2, -0.15) is 0 Å². The Bertz CT molecular complexity index is 641. The lowest BCUT2D eigenvalue weighted by Crippen LogP contribution is -2.28. The minimum Gasteiger partial charge on any atom is -0.462 e. The number of hydrogen-bond acceptors (Lipinski definition) is 4. The number of imide groups is 1. The molecule has 0 bridgehead atoms. The monoisotopic (exact) mass is 355 g/mol. The van der Waals surface area contributed by atoms with Crippen LogP contribution in [-0.2, 0) is 20.9 Å². The van der Waals surface area contributed by atoms with Crippen LogP contribution in [0.3, 0.4) is 0 Å². The first-order valence-electron chi connectivity index (χ1n) is 7.34. The molecule has 5 nitrogen and oxygen atoms in total. The molecule has 1 saturated carbocycles. The number of alkyl halides is 2. The maximum Gasteiger partial charge on any atom is 0.338 e. The quantitative estimate of drug-likeness (QED) is 0.462. The minimum atomic E-state index is -0.765. The van der Waals surface area contributed by atoms with Gasteiger partial charge in [0.1, 0.15) is 4.33 Å². The van der Waals surface area contributed by atoms with Gasteiger partial charge in [-0.15, -0.1) is 23.2 Å². The Balaban J connectivity index is 1.55. The molecule has 0 N–H and O–H groups in total. The molecule has 1 heterocycles. The zero-order chi connectivity index (χ0) is 16.6. The van der Waals surface area contributed by atoms with E-state index in [1.807, 2.05) is 0 Å². The lowest BCUT2D eigenvalue weighted by atomic mass is 10.1. The average molecular weight is 356 g/mol. The van der Waals surface area contributed by atoms with Crippen molar-refractivity contribution in [3.8, 4) is 0 Å². The third-order valence-electron chi connectivity index (χ3n) is 4.06. The van der Waals surface area contributed by atoms with Crippen molar-refractivity contribution >= 4 is 41.0 Å². The summed E-state index contributed by atoms with van der Waals surface area (Å²) in [5.74, 6) is -0.774. The Labute approximate surface area is 143 Å². The fraction of sp³-hybridized carbons (Fsp3) is 0.438. The predicted octanol–water partition coefficient (Wildman–Crippen LogP) is 2.69. The molecule has 1 aromatic rings. The van der Waals surface area contributed by atoms with Gasteiger partial charge in [-0.1, -0.05) is 12.1 Å². The van der Waals surface area contributed by atoms with Gasteiger partial charge in [-0.05, 0) is 24.1 Å². The Morgan fingerprint density at radius 2 is 1.74 bits per heavy atom. The minimum absolute atomic E-state index is 0.0127. The van der Waals surface area contributed by atoms with E-state index in [-0.39, 0.29) is 43.7 Å². The van der Waals surface area contributed by atoms with Crippen molar-refractivity contribution in [2.24, 2.45) is 5.92 Å². The highest BCUT2D eigenvalue weighted by molar-refractivity contribution is 6.50. The second-order valence-corrected chi connectivity index (χ2v) is 7.37. The summed E-state index contributed by atoms with van der Waals surface area (Å²) in [6.07, 6.45) is 1.17. The normalized spacial score (nSPS) is 22.3. The van der Waals surface area contributed by atoms with E-state index in [9.17, 15) is 14.4 Å². The number of esters is 1. The Kier molecular flexibility index (Phi) is 4.34. The first-order valence-corrected chi connectivity index (χ1v) is 8.09. The second-order valence-electron chi connectivity index (χ2n) is 5.83. The number of hydrogen-bond donors (Lipinski definition) is 0. The number of ether oxygens (including phenoxy) is 1. The van der Waals surface area contributed by atoms with Crippen molar-refractivity contribution in [3.63, 3.8) is 0 Å². The van der Waals surface area contributed by atoms with E-state index < -0.39 is 10.3 Å². The van der Waals surface area contributed by atoms with Crippen molar-refractivity contribution in [1.29, 1.82) is 0 Å². The summed E-state index contributed by atoms with van der Waals surface area (Å²) in [6.45, 7) is 0.431. The summed E-state index contributed by atoms with van der Waals surface area (Å²) < 4.78 is 4.40. The van der Waals surface area contributed by atoms with Crippen molar-refractivity contribution in [2.45, 2.75) is 30.1 Å². The van der Waals surface area contributed by atoms with Gasteiger partial charge >= 0.3 is 5.97 Å². The second kappa shape index (κ2) is 6.13. The topological polar surface area (TPSA) is 63.7 Å². The number of benzene rings is 1. The van der Waals surface area contributed by atoms with E-state index in [0.29, 0.717) is 12.0 Å². The molecule has 1 aliphatic carbocycles. The maximum absolute atomic E-state index is 11.9. The fourth-order valence-electron chi connectivity index (χ4n) is 2.44. The van der Waals surface area contributed by atoms with Crippen LogP contribution in [-0.4, -0.2) is 33.6 Å². The first kappa shape index (κ1) is 16.3. The molecular weight excluding hydrogens is 341 g/mol. The number of nitrogens with zero attached hydrogens (tertiary/aromatic N) is 1. The van der Waals surface area contributed by atoms with Crippen LogP contribution in [0.1, 0.15) is 35.2 Å². The lowest BCUT2D eigenvalue weighted by molar-refractivity contribution is -0.139. The summed E-state index contributed by atoms with van der Waals surface area (Å²) in [4.78, 5) is 36.3. The summed E-state index contributed by atoms with van der Waals surface area (Å²) in [5.41, 5.74) is 1.19. The van der Waals surface area contributed by atoms with Crippen molar-refractivity contribution in [3.05, 3.63) is 35.4 Å². The van der Waals surface area contributed by atoms with E-state index in [2.05, 4.69) is 0 Å². The highest BCUT2D eigenvalue weighted by Gasteiger charge is 2.52. The zero-order valence-electron chi connectivity index (χ0n) is 12.3. The van der Waals surface area contributed by atoms with Gasteiger partial charge in [0, 0.05) is 18.8 Å². The molecule has 3 rings (SSSR count). The number of carbonyl (C=O) groups is 3. The van der Waals surface area contributed by atoms with Crippen molar-refractivity contribution in [2.75, 3.05) is 6.61 Å².